The molecule has 0 aliphatic rings. The highest BCUT2D eigenvalue weighted by molar-refractivity contribution is 14.1. The van der Waals surface area contributed by atoms with Crippen LogP contribution in [-0.2, 0) is 0 Å². The van der Waals surface area contributed by atoms with E-state index in [1.54, 1.807) is 24.3 Å². The van der Waals surface area contributed by atoms with Crippen molar-refractivity contribution < 1.29 is 18.0 Å². The molecule has 1 atom stereocenters. The molecule has 106 valence electrons. The fraction of sp³-hybridized carbons (Fsp3) is 0.417. The van der Waals surface area contributed by atoms with E-state index in [1.165, 1.54) is 0 Å². The first-order valence-electron chi connectivity index (χ1n) is 5.52. The Hall–Kier alpha value is -0.500. The summed E-state index contributed by atoms with van der Waals surface area (Å²) in [6, 6.07) is 6.88. The van der Waals surface area contributed by atoms with Gasteiger partial charge in [-0.3, -0.25) is 4.79 Å². The molecule has 0 spiro atoms. The molecule has 0 saturated carbocycles. The topological polar surface area (TPSA) is 29.1 Å². The molecule has 0 aromatic heterocycles. The van der Waals surface area contributed by atoms with Gasteiger partial charge in [0, 0.05) is 21.1 Å². The van der Waals surface area contributed by atoms with Crippen molar-refractivity contribution in [2.24, 2.45) is 0 Å². The fourth-order valence-electron chi connectivity index (χ4n) is 1.40. The lowest BCUT2D eigenvalue weighted by molar-refractivity contribution is -0.134. The Labute approximate surface area is 127 Å². The van der Waals surface area contributed by atoms with Gasteiger partial charge in [0.05, 0.1) is 6.42 Å². The van der Waals surface area contributed by atoms with E-state index in [2.05, 4.69) is 27.9 Å². The lowest BCUT2D eigenvalue weighted by Crippen LogP contribution is -2.27. The van der Waals surface area contributed by atoms with E-state index < -0.39 is 18.0 Å². The molecule has 0 radical (unpaired) electrons. The number of alkyl halides is 4. The number of nitrogens with one attached hydrogen (secondary N) is 1. The standard InChI is InChI=1S/C12H12ClF3INO/c13-9(7-12(14,15)16)5-6-18-11(19)8-1-3-10(17)4-2-8/h1-4,9H,5-7H2,(H,18,19)/t9-/m1/s1. The van der Waals surface area contributed by atoms with Gasteiger partial charge >= 0.3 is 6.18 Å². The molecular formula is C12H12ClF3INO. The molecule has 0 aliphatic carbocycles. The molecule has 1 aromatic rings. The summed E-state index contributed by atoms with van der Waals surface area (Å²) in [6.07, 6.45) is -5.24. The second-order valence-electron chi connectivity index (χ2n) is 3.97. The summed E-state index contributed by atoms with van der Waals surface area (Å²) in [5, 5.41) is 1.53. The van der Waals surface area contributed by atoms with Gasteiger partial charge in [-0.15, -0.1) is 11.6 Å². The lowest BCUT2D eigenvalue weighted by atomic mass is 10.2. The van der Waals surface area contributed by atoms with Crippen molar-refractivity contribution in [1.82, 2.24) is 5.32 Å². The van der Waals surface area contributed by atoms with E-state index in [0.717, 1.165) is 3.57 Å². The van der Waals surface area contributed by atoms with Gasteiger partial charge in [-0.05, 0) is 53.3 Å². The highest BCUT2D eigenvalue weighted by Crippen LogP contribution is 2.25. The van der Waals surface area contributed by atoms with Crippen LogP contribution < -0.4 is 5.32 Å². The van der Waals surface area contributed by atoms with E-state index in [0.29, 0.717) is 5.56 Å². The van der Waals surface area contributed by atoms with Gasteiger partial charge in [-0.25, -0.2) is 0 Å². The quantitative estimate of drug-likeness (QED) is 0.583. The van der Waals surface area contributed by atoms with E-state index in [9.17, 15) is 18.0 Å². The van der Waals surface area contributed by atoms with Gasteiger partial charge < -0.3 is 5.32 Å². The Balaban J connectivity index is 2.33. The highest BCUT2D eigenvalue weighted by atomic mass is 127. The maximum absolute atomic E-state index is 12.0. The van der Waals surface area contributed by atoms with Gasteiger partial charge in [0.25, 0.3) is 5.91 Å². The second-order valence-corrected chi connectivity index (χ2v) is 5.83. The first-order valence-corrected chi connectivity index (χ1v) is 7.04. The van der Waals surface area contributed by atoms with Crippen molar-refractivity contribution in [1.29, 1.82) is 0 Å². The largest absolute Gasteiger partial charge is 0.390 e. The smallest absolute Gasteiger partial charge is 0.352 e. The Morgan fingerprint density at radius 2 is 1.89 bits per heavy atom. The molecule has 1 amide bonds. The van der Waals surface area contributed by atoms with Gasteiger partial charge in [0.15, 0.2) is 0 Å². The monoisotopic (exact) mass is 405 g/mol. The molecule has 0 heterocycles. The predicted octanol–water partition coefficient (Wildman–Crippen LogP) is 3.97. The number of benzene rings is 1. The third-order valence-corrected chi connectivity index (χ3v) is 3.39. The van der Waals surface area contributed by atoms with Crippen molar-refractivity contribution >= 4 is 40.1 Å². The van der Waals surface area contributed by atoms with E-state index in [1.807, 2.05) is 0 Å². The van der Waals surface area contributed by atoms with E-state index in [4.69, 9.17) is 11.6 Å². The van der Waals surface area contributed by atoms with Crippen LogP contribution in [0.3, 0.4) is 0 Å². The maximum atomic E-state index is 12.0. The first-order chi connectivity index (χ1) is 8.78. The molecule has 1 N–H and O–H groups in total. The zero-order valence-corrected chi connectivity index (χ0v) is 12.7. The number of hydrogen-bond donors (Lipinski definition) is 1. The van der Waals surface area contributed by atoms with Crippen molar-refractivity contribution in [3.05, 3.63) is 33.4 Å². The number of carbonyl (C=O) groups excluding carboxylic acids is 1. The lowest BCUT2D eigenvalue weighted by Gasteiger charge is -2.12. The molecule has 0 aliphatic heterocycles. The van der Waals surface area contributed by atoms with Crippen molar-refractivity contribution in [3.8, 4) is 0 Å². The van der Waals surface area contributed by atoms with Crippen LogP contribution in [0.4, 0.5) is 13.2 Å². The molecule has 0 bridgehead atoms. The van der Waals surface area contributed by atoms with Gasteiger partial charge in [0.1, 0.15) is 0 Å². The molecule has 7 heteroatoms. The van der Waals surface area contributed by atoms with Crippen LogP contribution >= 0.6 is 34.2 Å². The normalized spacial score (nSPS) is 13.1. The van der Waals surface area contributed by atoms with E-state index in [-0.39, 0.29) is 18.9 Å². The third kappa shape index (κ3) is 7.00. The van der Waals surface area contributed by atoms with Crippen molar-refractivity contribution in [2.75, 3.05) is 6.54 Å². The molecule has 1 rings (SSSR count). The van der Waals surface area contributed by atoms with Crippen molar-refractivity contribution in [2.45, 2.75) is 24.4 Å². The van der Waals surface area contributed by atoms with Crippen LogP contribution in [0, 0.1) is 3.57 Å². The average Bonchev–Trinajstić information content (AvgIpc) is 2.27. The number of carbonyl (C=O) groups is 1. The zero-order valence-electron chi connectivity index (χ0n) is 9.81. The minimum Gasteiger partial charge on any atom is -0.352 e. The molecule has 0 unspecified atom stereocenters. The minimum absolute atomic E-state index is 0.0805. The van der Waals surface area contributed by atoms with Crippen LogP contribution in [0.15, 0.2) is 24.3 Å². The molecule has 0 saturated heterocycles. The third-order valence-electron chi connectivity index (χ3n) is 2.30. The Morgan fingerprint density at radius 3 is 2.42 bits per heavy atom. The predicted molar refractivity (Wildman–Crippen MR) is 76.4 cm³/mol. The molecule has 0 fully saturated rings. The summed E-state index contributed by atoms with van der Waals surface area (Å²) in [6.45, 7) is 0.120. The van der Waals surface area contributed by atoms with Gasteiger partial charge in [-0.2, -0.15) is 13.2 Å². The minimum atomic E-state index is -4.27. The Morgan fingerprint density at radius 1 is 1.32 bits per heavy atom. The van der Waals surface area contributed by atoms with Crippen LogP contribution in [0.5, 0.6) is 0 Å². The highest BCUT2D eigenvalue weighted by Gasteiger charge is 2.30. The summed E-state index contributed by atoms with van der Waals surface area (Å²) in [4.78, 5) is 11.6. The Kier molecular flexibility index (Phi) is 6.38. The number of hydrogen-bond acceptors (Lipinski definition) is 1. The number of rotatable bonds is 5. The maximum Gasteiger partial charge on any atom is 0.390 e. The first kappa shape index (κ1) is 16.6. The van der Waals surface area contributed by atoms with Crippen LogP contribution in [0.2, 0.25) is 0 Å². The van der Waals surface area contributed by atoms with Gasteiger partial charge in [-0.1, -0.05) is 0 Å². The van der Waals surface area contributed by atoms with Crippen molar-refractivity contribution in [3.63, 3.8) is 0 Å². The molecule has 2 nitrogen and oxygen atoms in total. The van der Waals surface area contributed by atoms with Gasteiger partial charge in [0.2, 0.25) is 0 Å². The molecule has 19 heavy (non-hydrogen) atoms. The summed E-state index contributed by atoms with van der Waals surface area (Å²) in [7, 11) is 0. The summed E-state index contributed by atoms with van der Waals surface area (Å²) >= 11 is 7.66. The summed E-state index contributed by atoms with van der Waals surface area (Å²) in [5.74, 6) is -0.313. The summed E-state index contributed by atoms with van der Waals surface area (Å²) < 4.78 is 37.1. The zero-order chi connectivity index (χ0) is 14.5. The van der Waals surface area contributed by atoms with Crippen LogP contribution in [0.25, 0.3) is 0 Å². The Bertz CT molecular complexity index is 422. The molecule has 1 aromatic carbocycles. The number of halogens is 5. The van der Waals surface area contributed by atoms with E-state index >= 15 is 0 Å². The van der Waals surface area contributed by atoms with Crippen LogP contribution in [-0.4, -0.2) is 24.0 Å². The van der Waals surface area contributed by atoms with Crippen LogP contribution in [0.1, 0.15) is 23.2 Å². The second kappa shape index (κ2) is 7.33. The average molecular weight is 406 g/mol. The fourth-order valence-corrected chi connectivity index (χ4v) is 2.04. The SMILES string of the molecule is O=C(NCC[C@@H](Cl)CC(F)(F)F)c1ccc(I)cc1. The summed E-state index contributed by atoms with van der Waals surface area (Å²) in [5.41, 5.74) is 0.474. The molecular weight excluding hydrogens is 393 g/mol. The number of amides is 1.